The quantitative estimate of drug-likeness (QED) is 0.561. The van der Waals surface area contributed by atoms with Crippen LogP contribution >= 0.6 is 0 Å². The highest BCUT2D eigenvalue weighted by Gasteiger charge is 2.17. The van der Waals surface area contributed by atoms with Gasteiger partial charge in [-0.15, -0.1) is 0 Å². The fourth-order valence-corrected chi connectivity index (χ4v) is 0.772. The summed E-state index contributed by atoms with van der Waals surface area (Å²) in [6.45, 7) is 4.66. The molecule has 0 spiro atoms. The summed E-state index contributed by atoms with van der Waals surface area (Å²) in [5, 5.41) is 12.2. The van der Waals surface area contributed by atoms with Crippen molar-refractivity contribution in [1.29, 1.82) is 0 Å². The first-order valence-electron chi connectivity index (χ1n) is 5.07. The molecule has 5 heteroatoms. The van der Waals surface area contributed by atoms with Crippen molar-refractivity contribution in [3.8, 4) is 0 Å². The van der Waals surface area contributed by atoms with Crippen LogP contribution in [0.4, 0.5) is 0 Å². The van der Waals surface area contributed by atoms with Crippen molar-refractivity contribution in [3.05, 3.63) is 0 Å². The first-order valence-corrected chi connectivity index (χ1v) is 5.07. The Kier molecular flexibility index (Phi) is 7.29. The van der Waals surface area contributed by atoms with Crippen LogP contribution in [0.25, 0.3) is 0 Å². The van der Waals surface area contributed by atoms with Gasteiger partial charge in [-0.1, -0.05) is 6.92 Å². The summed E-state index contributed by atoms with van der Waals surface area (Å²) in [7, 11) is 1.57. The van der Waals surface area contributed by atoms with Crippen molar-refractivity contribution in [3.63, 3.8) is 0 Å². The van der Waals surface area contributed by atoms with Gasteiger partial charge in [0, 0.05) is 13.7 Å². The molecule has 0 aromatic carbocycles. The van der Waals surface area contributed by atoms with Gasteiger partial charge >= 0.3 is 0 Å². The molecule has 0 radical (unpaired) electrons. The summed E-state index contributed by atoms with van der Waals surface area (Å²) in [5.74, 6) is -0.222. The van der Waals surface area contributed by atoms with Crippen LogP contribution in [0, 0.1) is 0 Å². The van der Waals surface area contributed by atoms with Crippen LogP contribution in [0.5, 0.6) is 0 Å². The molecule has 15 heavy (non-hydrogen) atoms. The molecule has 0 saturated heterocycles. The van der Waals surface area contributed by atoms with Gasteiger partial charge < -0.3 is 19.9 Å². The normalized spacial score (nSPS) is 14.7. The molecule has 0 aliphatic heterocycles. The SMILES string of the molecule is CCC(C)(O)CNC(=O)COCCOC. The van der Waals surface area contributed by atoms with Crippen molar-refractivity contribution in [2.45, 2.75) is 25.9 Å². The van der Waals surface area contributed by atoms with Crippen molar-refractivity contribution >= 4 is 5.91 Å². The molecule has 0 aliphatic rings. The topological polar surface area (TPSA) is 67.8 Å². The molecular formula is C10H21NO4. The van der Waals surface area contributed by atoms with Crippen LogP contribution in [-0.4, -0.2) is 50.1 Å². The largest absolute Gasteiger partial charge is 0.388 e. The number of hydrogen-bond acceptors (Lipinski definition) is 4. The van der Waals surface area contributed by atoms with E-state index in [0.717, 1.165) is 0 Å². The first kappa shape index (κ1) is 14.3. The fourth-order valence-electron chi connectivity index (χ4n) is 0.772. The molecule has 0 heterocycles. The molecule has 0 aromatic heterocycles. The number of hydrogen-bond donors (Lipinski definition) is 2. The summed E-state index contributed by atoms with van der Waals surface area (Å²) >= 11 is 0. The van der Waals surface area contributed by atoms with Crippen LogP contribution in [0.3, 0.4) is 0 Å². The predicted molar refractivity (Wildman–Crippen MR) is 56.6 cm³/mol. The number of nitrogens with one attached hydrogen (secondary N) is 1. The highest BCUT2D eigenvalue weighted by Crippen LogP contribution is 2.05. The second-order valence-corrected chi connectivity index (χ2v) is 3.67. The van der Waals surface area contributed by atoms with Crippen LogP contribution in [-0.2, 0) is 14.3 Å². The minimum Gasteiger partial charge on any atom is -0.388 e. The average Bonchev–Trinajstić information content (AvgIpc) is 2.22. The van der Waals surface area contributed by atoms with E-state index in [2.05, 4.69) is 5.32 Å². The molecule has 0 fully saturated rings. The van der Waals surface area contributed by atoms with Crippen molar-refractivity contribution in [2.75, 3.05) is 33.5 Å². The molecule has 1 amide bonds. The van der Waals surface area contributed by atoms with Gasteiger partial charge in [-0.05, 0) is 13.3 Å². The smallest absolute Gasteiger partial charge is 0.246 e. The fraction of sp³-hybridized carbons (Fsp3) is 0.900. The van der Waals surface area contributed by atoms with E-state index in [4.69, 9.17) is 9.47 Å². The summed E-state index contributed by atoms with van der Waals surface area (Å²) in [6.07, 6.45) is 0.595. The third kappa shape index (κ3) is 8.35. The Morgan fingerprint density at radius 1 is 1.47 bits per heavy atom. The lowest BCUT2D eigenvalue weighted by atomic mass is 10.0. The van der Waals surface area contributed by atoms with E-state index in [1.165, 1.54) is 0 Å². The molecule has 0 bridgehead atoms. The molecule has 90 valence electrons. The third-order valence-corrected chi connectivity index (χ3v) is 2.09. The molecule has 1 atom stereocenters. The maximum Gasteiger partial charge on any atom is 0.246 e. The van der Waals surface area contributed by atoms with E-state index in [-0.39, 0.29) is 19.1 Å². The Labute approximate surface area is 90.8 Å². The van der Waals surface area contributed by atoms with E-state index < -0.39 is 5.60 Å². The van der Waals surface area contributed by atoms with Crippen molar-refractivity contribution < 1.29 is 19.4 Å². The number of aliphatic hydroxyl groups is 1. The van der Waals surface area contributed by atoms with Crippen molar-refractivity contribution in [2.24, 2.45) is 0 Å². The maximum absolute atomic E-state index is 11.2. The highest BCUT2D eigenvalue weighted by atomic mass is 16.5. The summed E-state index contributed by atoms with van der Waals surface area (Å²) in [6, 6.07) is 0. The molecule has 2 N–H and O–H groups in total. The van der Waals surface area contributed by atoms with Gasteiger partial charge in [-0.25, -0.2) is 0 Å². The molecule has 0 rings (SSSR count). The number of methoxy groups -OCH3 is 1. The van der Waals surface area contributed by atoms with Gasteiger partial charge in [0.05, 0.1) is 18.8 Å². The molecular weight excluding hydrogens is 198 g/mol. The molecule has 0 aromatic rings. The second-order valence-electron chi connectivity index (χ2n) is 3.67. The average molecular weight is 219 g/mol. The molecule has 1 unspecified atom stereocenters. The summed E-state index contributed by atoms with van der Waals surface area (Å²) in [4.78, 5) is 11.2. The number of carbonyl (C=O) groups excluding carboxylic acids is 1. The minimum atomic E-state index is -0.845. The van der Waals surface area contributed by atoms with E-state index in [1.54, 1.807) is 14.0 Å². The van der Waals surface area contributed by atoms with Crippen LogP contribution < -0.4 is 5.32 Å². The van der Waals surface area contributed by atoms with Gasteiger partial charge in [0.1, 0.15) is 6.61 Å². The Bertz CT molecular complexity index is 182. The minimum absolute atomic E-state index is 0.00313. The zero-order valence-corrected chi connectivity index (χ0v) is 9.71. The predicted octanol–water partition coefficient (Wildman–Crippen LogP) is -0.0734. The zero-order valence-electron chi connectivity index (χ0n) is 9.71. The van der Waals surface area contributed by atoms with E-state index in [1.807, 2.05) is 6.92 Å². The van der Waals surface area contributed by atoms with Gasteiger partial charge in [0.25, 0.3) is 0 Å². The van der Waals surface area contributed by atoms with Gasteiger partial charge in [-0.3, -0.25) is 4.79 Å². The lowest BCUT2D eigenvalue weighted by molar-refractivity contribution is -0.127. The Morgan fingerprint density at radius 3 is 2.67 bits per heavy atom. The van der Waals surface area contributed by atoms with Gasteiger partial charge in [-0.2, -0.15) is 0 Å². The molecule has 5 nitrogen and oxygen atoms in total. The monoisotopic (exact) mass is 219 g/mol. The lowest BCUT2D eigenvalue weighted by Gasteiger charge is -2.21. The second kappa shape index (κ2) is 7.62. The van der Waals surface area contributed by atoms with E-state index >= 15 is 0 Å². The van der Waals surface area contributed by atoms with E-state index in [9.17, 15) is 9.90 Å². The summed E-state index contributed by atoms with van der Waals surface area (Å²) < 4.78 is 9.77. The van der Waals surface area contributed by atoms with Crippen LogP contribution in [0.15, 0.2) is 0 Å². The Morgan fingerprint density at radius 2 is 2.13 bits per heavy atom. The zero-order chi connectivity index (χ0) is 11.7. The Hall–Kier alpha value is -0.650. The molecule has 0 saturated carbocycles. The number of ether oxygens (including phenoxy) is 2. The van der Waals surface area contributed by atoms with Gasteiger partial charge in [0.15, 0.2) is 0 Å². The molecule has 0 aliphatic carbocycles. The number of rotatable bonds is 8. The maximum atomic E-state index is 11.2. The third-order valence-electron chi connectivity index (χ3n) is 2.09. The number of amides is 1. The van der Waals surface area contributed by atoms with E-state index in [0.29, 0.717) is 19.6 Å². The standard InChI is InChI=1S/C10H21NO4/c1-4-10(2,13)8-11-9(12)7-15-6-5-14-3/h13H,4-8H2,1-3H3,(H,11,12). The number of carbonyl (C=O) groups is 1. The summed E-state index contributed by atoms with van der Waals surface area (Å²) in [5.41, 5.74) is -0.845. The van der Waals surface area contributed by atoms with Crippen LogP contribution in [0.1, 0.15) is 20.3 Å². The first-order chi connectivity index (χ1) is 7.02. The van der Waals surface area contributed by atoms with Gasteiger partial charge in [0.2, 0.25) is 5.91 Å². The highest BCUT2D eigenvalue weighted by molar-refractivity contribution is 5.77. The lowest BCUT2D eigenvalue weighted by Crippen LogP contribution is -2.41. The van der Waals surface area contributed by atoms with Crippen LogP contribution in [0.2, 0.25) is 0 Å². The van der Waals surface area contributed by atoms with Crippen molar-refractivity contribution in [1.82, 2.24) is 5.32 Å². The Balaban J connectivity index is 3.49.